The molecule has 0 amide bonds. The summed E-state index contributed by atoms with van der Waals surface area (Å²) in [6.45, 7) is 6.91. The van der Waals surface area contributed by atoms with E-state index >= 15 is 0 Å². The number of Topliss-reactive ketones (excluding diaryl/α,β-unsaturated/α-hetero) is 1. The molecular formula is C14H18O4. The zero-order chi connectivity index (χ0) is 14.0. The van der Waals surface area contributed by atoms with Crippen LogP contribution in [0, 0.1) is 26.7 Å². The number of carbonyl (C=O) groups is 2. The first-order chi connectivity index (χ1) is 8.31. The van der Waals surface area contributed by atoms with E-state index in [1.165, 1.54) is 6.92 Å². The molecule has 1 N–H and O–H groups in total. The highest BCUT2D eigenvalue weighted by Gasteiger charge is 2.25. The molecule has 18 heavy (non-hydrogen) atoms. The fourth-order valence-electron chi connectivity index (χ4n) is 1.97. The van der Waals surface area contributed by atoms with Crippen molar-refractivity contribution < 1.29 is 19.4 Å². The van der Waals surface area contributed by atoms with Gasteiger partial charge in [-0.1, -0.05) is 0 Å². The average molecular weight is 250 g/mol. The minimum absolute atomic E-state index is 0.367. The van der Waals surface area contributed by atoms with E-state index in [9.17, 15) is 9.59 Å². The van der Waals surface area contributed by atoms with Gasteiger partial charge in [0, 0.05) is 5.56 Å². The topological polar surface area (TPSA) is 63.6 Å². The second kappa shape index (κ2) is 5.21. The Morgan fingerprint density at radius 3 is 2.22 bits per heavy atom. The lowest BCUT2D eigenvalue weighted by molar-refractivity contribution is -0.139. The summed E-state index contributed by atoms with van der Waals surface area (Å²) < 4.78 is 5.27. The highest BCUT2D eigenvalue weighted by molar-refractivity contribution is 6.09. The molecule has 1 aromatic rings. The molecule has 4 nitrogen and oxygen atoms in total. The molecule has 0 aliphatic rings. The van der Waals surface area contributed by atoms with Crippen molar-refractivity contribution in [3.8, 4) is 5.75 Å². The predicted octanol–water partition coefficient (Wildman–Crippen LogP) is 2.52. The molecule has 1 aromatic carbocycles. The zero-order valence-electron chi connectivity index (χ0n) is 11.3. The number of ketones is 1. The van der Waals surface area contributed by atoms with Gasteiger partial charge in [0.1, 0.15) is 11.7 Å². The minimum atomic E-state index is -1.11. The number of carbonyl (C=O) groups excluding carboxylic acids is 1. The molecule has 0 radical (unpaired) electrons. The molecule has 0 heterocycles. The molecule has 0 saturated heterocycles. The van der Waals surface area contributed by atoms with E-state index in [1.54, 1.807) is 20.1 Å². The number of hydrogen-bond donors (Lipinski definition) is 1. The van der Waals surface area contributed by atoms with Crippen LogP contribution in [0.25, 0.3) is 0 Å². The Labute approximate surface area is 107 Å². The smallest absolute Gasteiger partial charge is 0.314 e. The van der Waals surface area contributed by atoms with Crippen molar-refractivity contribution in [1.82, 2.24) is 0 Å². The van der Waals surface area contributed by atoms with Crippen LogP contribution >= 0.6 is 0 Å². The maximum Gasteiger partial charge on any atom is 0.314 e. The van der Waals surface area contributed by atoms with Gasteiger partial charge in [-0.15, -0.1) is 0 Å². The lowest BCUT2D eigenvalue weighted by Crippen LogP contribution is -2.21. The fourth-order valence-corrected chi connectivity index (χ4v) is 1.97. The van der Waals surface area contributed by atoms with Gasteiger partial charge in [-0.25, -0.2) is 0 Å². The van der Waals surface area contributed by atoms with E-state index < -0.39 is 11.9 Å². The Balaban J connectivity index is 3.36. The van der Waals surface area contributed by atoms with Crippen molar-refractivity contribution in [1.29, 1.82) is 0 Å². The van der Waals surface area contributed by atoms with Crippen molar-refractivity contribution in [2.24, 2.45) is 5.92 Å². The number of carboxylic acids is 1. The molecule has 4 heteroatoms. The second-order valence-corrected chi connectivity index (χ2v) is 4.45. The van der Waals surface area contributed by atoms with Crippen LogP contribution in [0.2, 0.25) is 0 Å². The predicted molar refractivity (Wildman–Crippen MR) is 68.3 cm³/mol. The molecule has 0 aliphatic carbocycles. The van der Waals surface area contributed by atoms with Gasteiger partial charge in [0.05, 0.1) is 7.11 Å². The number of benzene rings is 1. The molecule has 0 aliphatic heterocycles. The maximum atomic E-state index is 12.1. The Morgan fingerprint density at radius 2 is 1.78 bits per heavy atom. The van der Waals surface area contributed by atoms with Crippen molar-refractivity contribution >= 4 is 11.8 Å². The molecule has 0 bridgehead atoms. The molecule has 1 rings (SSSR count). The molecule has 0 fully saturated rings. The van der Waals surface area contributed by atoms with Gasteiger partial charge in [-0.3, -0.25) is 9.59 Å². The summed E-state index contributed by atoms with van der Waals surface area (Å²) in [6.07, 6.45) is 0. The van der Waals surface area contributed by atoms with Gasteiger partial charge >= 0.3 is 5.97 Å². The van der Waals surface area contributed by atoms with Gasteiger partial charge in [-0.2, -0.15) is 0 Å². The molecule has 98 valence electrons. The number of carboxylic acid groups (broad SMARTS) is 1. The Hall–Kier alpha value is -1.84. The van der Waals surface area contributed by atoms with Crippen molar-refractivity contribution in [3.05, 3.63) is 28.3 Å². The lowest BCUT2D eigenvalue weighted by atomic mass is 9.91. The van der Waals surface area contributed by atoms with Crippen LogP contribution in [-0.4, -0.2) is 24.0 Å². The minimum Gasteiger partial charge on any atom is -0.496 e. The summed E-state index contributed by atoms with van der Waals surface area (Å²) in [5, 5.41) is 8.90. The SMILES string of the molecule is COc1c(C)cc(C(=O)C(C)C(=O)O)c(C)c1C. The first kappa shape index (κ1) is 14.2. The number of methoxy groups -OCH3 is 1. The highest BCUT2D eigenvalue weighted by atomic mass is 16.5. The van der Waals surface area contributed by atoms with Crippen molar-refractivity contribution in [2.75, 3.05) is 7.11 Å². The first-order valence-electron chi connectivity index (χ1n) is 5.73. The van der Waals surface area contributed by atoms with E-state index in [-0.39, 0.29) is 5.78 Å². The summed E-state index contributed by atoms with van der Waals surface area (Å²) in [7, 11) is 1.58. The summed E-state index contributed by atoms with van der Waals surface area (Å²) in [4.78, 5) is 23.0. The first-order valence-corrected chi connectivity index (χ1v) is 5.73. The number of aryl methyl sites for hydroxylation is 1. The van der Waals surface area contributed by atoms with E-state index in [0.717, 1.165) is 22.4 Å². The van der Waals surface area contributed by atoms with E-state index in [1.807, 2.05) is 13.8 Å². The third kappa shape index (κ3) is 2.37. The third-order valence-corrected chi connectivity index (χ3v) is 3.26. The van der Waals surface area contributed by atoms with E-state index in [2.05, 4.69) is 0 Å². The Morgan fingerprint density at radius 1 is 1.22 bits per heavy atom. The van der Waals surface area contributed by atoms with Crippen LogP contribution < -0.4 is 4.74 Å². The van der Waals surface area contributed by atoms with E-state index in [0.29, 0.717) is 5.56 Å². The summed E-state index contributed by atoms with van der Waals surface area (Å²) >= 11 is 0. The van der Waals surface area contributed by atoms with Crippen LogP contribution in [0.4, 0.5) is 0 Å². The Bertz CT molecular complexity index is 503. The van der Waals surface area contributed by atoms with Crippen LogP contribution in [0.3, 0.4) is 0 Å². The summed E-state index contributed by atoms with van der Waals surface area (Å²) in [5.41, 5.74) is 2.94. The molecule has 0 aromatic heterocycles. The van der Waals surface area contributed by atoms with Crippen molar-refractivity contribution in [3.63, 3.8) is 0 Å². The van der Waals surface area contributed by atoms with Gasteiger partial charge in [0.15, 0.2) is 5.78 Å². The average Bonchev–Trinajstić information content (AvgIpc) is 2.32. The van der Waals surface area contributed by atoms with Gasteiger partial charge in [-0.05, 0) is 50.5 Å². The molecule has 0 spiro atoms. The number of rotatable bonds is 4. The summed E-state index contributed by atoms with van der Waals surface area (Å²) in [6, 6.07) is 1.70. The van der Waals surface area contributed by atoms with Crippen LogP contribution in [0.5, 0.6) is 5.75 Å². The van der Waals surface area contributed by atoms with Crippen LogP contribution in [0.1, 0.15) is 34.0 Å². The number of hydrogen-bond acceptors (Lipinski definition) is 3. The largest absolute Gasteiger partial charge is 0.496 e. The van der Waals surface area contributed by atoms with Crippen molar-refractivity contribution in [2.45, 2.75) is 27.7 Å². The number of aliphatic carboxylic acids is 1. The maximum absolute atomic E-state index is 12.1. The lowest BCUT2D eigenvalue weighted by Gasteiger charge is -2.16. The van der Waals surface area contributed by atoms with Crippen LogP contribution in [-0.2, 0) is 4.79 Å². The fraction of sp³-hybridized carbons (Fsp3) is 0.429. The molecular weight excluding hydrogens is 232 g/mol. The highest BCUT2D eigenvalue weighted by Crippen LogP contribution is 2.29. The van der Waals surface area contributed by atoms with Gasteiger partial charge < -0.3 is 9.84 Å². The monoisotopic (exact) mass is 250 g/mol. The molecule has 0 saturated carbocycles. The number of ether oxygens (including phenoxy) is 1. The standard InChI is InChI=1S/C14H18O4/c1-7-6-11(12(15)10(4)14(16)17)8(2)9(3)13(7)18-5/h6,10H,1-5H3,(H,16,17). The molecule has 1 unspecified atom stereocenters. The van der Waals surface area contributed by atoms with Crippen LogP contribution in [0.15, 0.2) is 6.07 Å². The molecule has 1 atom stereocenters. The third-order valence-electron chi connectivity index (χ3n) is 3.26. The normalized spacial score (nSPS) is 12.1. The Kier molecular flexibility index (Phi) is 4.11. The zero-order valence-corrected chi connectivity index (χ0v) is 11.3. The second-order valence-electron chi connectivity index (χ2n) is 4.45. The summed E-state index contributed by atoms with van der Waals surface area (Å²) in [5.74, 6) is -1.76. The van der Waals surface area contributed by atoms with Gasteiger partial charge in [0.2, 0.25) is 0 Å². The van der Waals surface area contributed by atoms with E-state index in [4.69, 9.17) is 9.84 Å². The van der Waals surface area contributed by atoms with Gasteiger partial charge in [0.25, 0.3) is 0 Å². The quantitative estimate of drug-likeness (QED) is 0.658.